The van der Waals surface area contributed by atoms with Crippen LogP contribution >= 0.6 is 0 Å². The lowest BCUT2D eigenvalue weighted by Gasteiger charge is -2.26. The molecule has 3 nitrogen and oxygen atoms in total. The van der Waals surface area contributed by atoms with Crippen LogP contribution in [0, 0.1) is 0 Å². The number of rotatable bonds is 3. The van der Waals surface area contributed by atoms with Crippen molar-refractivity contribution in [2.24, 2.45) is 0 Å². The van der Waals surface area contributed by atoms with Crippen LogP contribution in [0.3, 0.4) is 0 Å². The molecule has 0 atom stereocenters. The van der Waals surface area contributed by atoms with Crippen LogP contribution < -0.4 is 0 Å². The van der Waals surface area contributed by atoms with Gasteiger partial charge in [0.2, 0.25) is 0 Å². The average molecular weight is 602 g/mol. The van der Waals surface area contributed by atoms with Gasteiger partial charge in [-0.2, -0.15) is 0 Å². The van der Waals surface area contributed by atoms with Crippen LogP contribution in [0.1, 0.15) is 36.1 Å². The Balaban J connectivity index is 1.35. The predicted octanol–water partition coefficient (Wildman–Crippen LogP) is 10.9. The molecule has 0 bridgehead atoms. The van der Waals surface area contributed by atoms with E-state index in [0.717, 1.165) is 40.4 Å². The normalized spacial score (nSPS) is 14.2. The summed E-state index contributed by atoms with van der Waals surface area (Å²) in [5, 5.41) is 5.24. The Morgan fingerprint density at radius 1 is 0.638 bits per heavy atom. The van der Waals surface area contributed by atoms with E-state index in [1.54, 1.807) is 0 Å². The lowest BCUT2D eigenvalue weighted by atomic mass is 9.78. The zero-order valence-electron chi connectivity index (χ0n) is 26.3. The fraction of sp³-hybridized carbons (Fsp3) is 0.0909. The van der Waals surface area contributed by atoms with Crippen molar-refractivity contribution in [1.82, 2.24) is 14.5 Å². The maximum Gasteiger partial charge on any atom is 0.162 e. The first-order valence-electron chi connectivity index (χ1n) is 16.4. The SMILES string of the molecule is CC1(C)c2ccccc2-c2cc3c4c(c5c(cc4c21)c1ccccc1n5-c1cc(-c2ccccc2)nc(-c2ccccc2)n1)CC=C3. The minimum Gasteiger partial charge on any atom is -0.293 e. The number of fused-ring (bicyclic) bond motifs is 8. The van der Waals surface area contributed by atoms with E-state index in [4.69, 9.17) is 9.97 Å². The van der Waals surface area contributed by atoms with E-state index in [1.165, 1.54) is 60.4 Å². The van der Waals surface area contributed by atoms with Gasteiger partial charge in [0.15, 0.2) is 5.82 Å². The number of allylic oxidation sites excluding steroid dienone is 1. The smallest absolute Gasteiger partial charge is 0.162 e. The standard InChI is InChI=1S/C44H31N3/c1-44(2)36-22-11-9-19-30(36)33-24-29-18-13-21-32-40(29)35(41(33)44)25-34-31-20-10-12-23-38(31)47(42(32)34)39-26-37(27-14-5-3-6-15-27)45-43(46-39)28-16-7-4-8-17-28/h3-20,22-26H,21H2,1-2H3. The maximum atomic E-state index is 5.31. The van der Waals surface area contributed by atoms with Gasteiger partial charge in [0.1, 0.15) is 5.82 Å². The summed E-state index contributed by atoms with van der Waals surface area (Å²) in [4.78, 5) is 10.4. The van der Waals surface area contributed by atoms with Crippen LogP contribution in [0.15, 0.2) is 133 Å². The molecule has 8 aromatic rings. The third kappa shape index (κ3) is 3.68. The third-order valence-corrected chi connectivity index (χ3v) is 10.4. The molecular formula is C44H31N3. The molecule has 0 spiro atoms. The monoisotopic (exact) mass is 601 g/mol. The van der Waals surface area contributed by atoms with E-state index in [-0.39, 0.29) is 5.41 Å². The van der Waals surface area contributed by atoms with Gasteiger partial charge in [-0.3, -0.25) is 4.57 Å². The lowest BCUT2D eigenvalue weighted by molar-refractivity contribution is 0.666. The first-order valence-corrected chi connectivity index (χ1v) is 16.4. The summed E-state index contributed by atoms with van der Waals surface area (Å²) in [7, 11) is 0. The second-order valence-electron chi connectivity index (χ2n) is 13.4. The Hall–Kier alpha value is -5.80. The third-order valence-electron chi connectivity index (χ3n) is 10.4. The van der Waals surface area contributed by atoms with Crippen molar-refractivity contribution in [2.45, 2.75) is 25.7 Å². The largest absolute Gasteiger partial charge is 0.293 e. The number of nitrogens with zero attached hydrogens (tertiary/aromatic N) is 3. The summed E-state index contributed by atoms with van der Waals surface area (Å²) in [5.74, 6) is 1.60. The topological polar surface area (TPSA) is 30.7 Å². The number of hydrogen-bond acceptors (Lipinski definition) is 2. The second-order valence-corrected chi connectivity index (χ2v) is 13.4. The van der Waals surface area contributed by atoms with E-state index in [2.05, 4.69) is 146 Å². The summed E-state index contributed by atoms with van der Waals surface area (Å²) < 4.78 is 2.40. The Bertz CT molecular complexity index is 2550. The average Bonchev–Trinajstić information content (AvgIpc) is 3.58. The second kappa shape index (κ2) is 9.60. The van der Waals surface area contributed by atoms with Gasteiger partial charge in [0.25, 0.3) is 0 Å². The highest BCUT2D eigenvalue weighted by molar-refractivity contribution is 6.19. The molecule has 0 saturated heterocycles. The number of aromatic nitrogens is 3. The maximum absolute atomic E-state index is 5.31. The van der Waals surface area contributed by atoms with Gasteiger partial charge in [0.05, 0.1) is 16.7 Å². The molecule has 2 aliphatic carbocycles. The molecule has 2 heterocycles. The van der Waals surface area contributed by atoms with Crippen molar-refractivity contribution in [1.29, 1.82) is 0 Å². The molecule has 0 saturated carbocycles. The highest BCUT2D eigenvalue weighted by Gasteiger charge is 2.38. The molecule has 10 rings (SSSR count). The van der Waals surface area contributed by atoms with Gasteiger partial charge in [0, 0.05) is 33.4 Å². The van der Waals surface area contributed by atoms with Crippen LogP contribution in [-0.4, -0.2) is 14.5 Å². The summed E-state index contributed by atoms with van der Waals surface area (Å²) in [6.45, 7) is 4.78. The lowest BCUT2D eigenvalue weighted by Crippen LogP contribution is -2.16. The predicted molar refractivity (Wildman–Crippen MR) is 195 cm³/mol. The quantitative estimate of drug-likeness (QED) is 0.202. The number of benzene rings is 6. The Morgan fingerprint density at radius 2 is 1.36 bits per heavy atom. The Morgan fingerprint density at radius 3 is 2.19 bits per heavy atom. The van der Waals surface area contributed by atoms with Gasteiger partial charge in [-0.15, -0.1) is 0 Å². The van der Waals surface area contributed by atoms with Crippen molar-refractivity contribution in [3.05, 3.63) is 156 Å². The fourth-order valence-corrected chi connectivity index (χ4v) is 8.36. The van der Waals surface area contributed by atoms with Crippen molar-refractivity contribution in [3.8, 4) is 39.6 Å². The highest BCUT2D eigenvalue weighted by atomic mass is 15.1. The van der Waals surface area contributed by atoms with Gasteiger partial charge < -0.3 is 0 Å². The van der Waals surface area contributed by atoms with Crippen LogP contribution in [-0.2, 0) is 11.8 Å². The van der Waals surface area contributed by atoms with Crippen molar-refractivity contribution < 1.29 is 0 Å². The summed E-state index contributed by atoms with van der Waals surface area (Å²) in [5.41, 5.74) is 13.5. The molecule has 6 aromatic carbocycles. The van der Waals surface area contributed by atoms with Gasteiger partial charge in [-0.25, -0.2) is 9.97 Å². The first-order chi connectivity index (χ1) is 23.1. The summed E-state index contributed by atoms with van der Waals surface area (Å²) >= 11 is 0. The van der Waals surface area contributed by atoms with Crippen molar-refractivity contribution >= 4 is 38.7 Å². The van der Waals surface area contributed by atoms with Gasteiger partial charge in [-0.1, -0.05) is 129 Å². The zero-order valence-corrected chi connectivity index (χ0v) is 26.3. The van der Waals surface area contributed by atoms with Crippen molar-refractivity contribution in [2.75, 3.05) is 0 Å². The van der Waals surface area contributed by atoms with Crippen molar-refractivity contribution in [3.63, 3.8) is 0 Å². The minimum atomic E-state index is -0.100. The molecule has 0 aliphatic heterocycles. The molecule has 2 aliphatic rings. The molecule has 0 N–H and O–H groups in total. The minimum absolute atomic E-state index is 0.100. The summed E-state index contributed by atoms with van der Waals surface area (Å²) in [6.07, 6.45) is 5.53. The molecule has 0 radical (unpaired) electrons. The zero-order chi connectivity index (χ0) is 31.3. The van der Waals surface area contributed by atoms with Gasteiger partial charge >= 0.3 is 0 Å². The molecule has 3 heteroatoms. The van der Waals surface area contributed by atoms with E-state index in [9.17, 15) is 0 Å². The Kier molecular flexibility index (Phi) is 5.40. The molecule has 0 amide bonds. The fourth-order valence-electron chi connectivity index (χ4n) is 8.36. The van der Waals surface area contributed by atoms with E-state index >= 15 is 0 Å². The van der Waals surface area contributed by atoms with E-state index < -0.39 is 0 Å². The Labute approximate surface area is 273 Å². The number of hydrogen-bond donors (Lipinski definition) is 0. The molecule has 222 valence electrons. The van der Waals surface area contributed by atoms with E-state index in [1.807, 2.05) is 12.1 Å². The van der Waals surface area contributed by atoms with Gasteiger partial charge in [-0.05, 0) is 68.8 Å². The van der Waals surface area contributed by atoms with Crippen LogP contribution in [0.5, 0.6) is 0 Å². The molecule has 47 heavy (non-hydrogen) atoms. The molecule has 0 unspecified atom stereocenters. The number of para-hydroxylation sites is 1. The van der Waals surface area contributed by atoms with Crippen LogP contribution in [0.2, 0.25) is 0 Å². The molecule has 0 fully saturated rings. The van der Waals surface area contributed by atoms with E-state index in [0.29, 0.717) is 0 Å². The molecule has 2 aromatic heterocycles. The first kappa shape index (κ1) is 26.4. The van der Waals surface area contributed by atoms with Crippen LogP contribution in [0.4, 0.5) is 0 Å². The molecular weight excluding hydrogens is 571 g/mol. The van der Waals surface area contributed by atoms with Crippen LogP contribution in [0.25, 0.3) is 78.2 Å². The highest BCUT2D eigenvalue weighted by Crippen LogP contribution is 2.54. The summed E-state index contributed by atoms with van der Waals surface area (Å²) in [6, 6.07) is 45.6.